The Kier molecular flexibility index (Phi) is 3.77. The number of rotatable bonds is 4. The molecule has 5 saturated carbocycles. The summed E-state index contributed by atoms with van der Waals surface area (Å²) < 4.78 is 8.99. The normalized spacial score (nSPS) is 38.8. The van der Waals surface area contributed by atoms with Gasteiger partial charge in [-0.2, -0.15) is 0 Å². The number of ether oxygens (including phenoxy) is 1. The van der Waals surface area contributed by atoms with Crippen molar-refractivity contribution in [3.05, 3.63) is 17.7 Å². The smallest absolute Gasteiger partial charge is 0.111 e. The molecule has 0 radical (unpaired) electrons. The molecule has 0 spiro atoms. The molecule has 5 fully saturated rings. The van der Waals surface area contributed by atoms with Gasteiger partial charge >= 0.3 is 0 Å². The van der Waals surface area contributed by atoms with Crippen LogP contribution in [0.5, 0.6) is 0 Å². The number of nitrogens with zero attached hydrogens (tertiary/aromatic N) is 2. The standard InChI is InChI=1S/C21H32N2O/c1-23-19(13-22-20(23)18-5-3-2-4-6-18)14-24-21-10-15-7-16(11-21)9-17(8-15)12-21/h13,15-18H,2-12,14H2,1H3. The maximum atomic E-state index is 6.65. The lowest BCUT2D eigenvalue weighted by Crippen LogP contribution is -2.51. The van der Waals surface area contributed by atoms with Gasteiger partial charge in [0.05, 0.1) is 24.1 Å². The fourth-order valence-corrected chi connectivity index (χ4v) is 6.77. The van der Waals surface area contributed by atoms with Gasteiger partial charge < -0.3 is 9.30 Å². The molecule has 1 aromatic heterocycles. The molecule has 0 aromatic carbocycles. The van der Waals surface area contributed by atoms with Crippen LogP contribution in [0, 0.1) is 17.8 Å². The van der Waals surface area contributed by atoms with Crippen molar-refractivity contribution in [2.75, 3.05) is 0 Å². The second kappa shape index (κ2) is 5.86. The molecule has 1 aromatic rings. The Morgan fingerprint density at radius 2 is 1.67 bits per heavy atom. The zero-order chi connectivity index (χ0) is 16.1. The molecule has 4 bridgehead atoms. The molecule has 0 amide bonds. The van der Waals surface area contributed by atoms with Crippen LogP contribution < -0.4 is 0 Å². The van der Waals surface area contributed by atoms with E-state index >= 15 is 0 Å². The predicted molar refractivity (Wildman–Crippen MR) is 94.7 cm³/mol. The van der Waals surface area contributed by atoms with Crippen LogP contribution >= 0.6 is 0 Å². The van der Waals surface area contributed by atoms with E-state index in [1.54, 1.807) is 0 Å². The Balaban J connectivity index is 1.28. The lowest BCUT2D eigenvalue weighted by molar-refractivity contribution is -0.169. The zero-order valence-electron chi connectivity index (χ0n) is 15.2. The monoisotopic (exact) mass is 328 g/mol. The molecule has 5 aliphatic rings. The van der Waals surface area contributed by atoms with E-state index in [0.717, 1.165) is 24.4 Å². The number of aromatic nitrogens is 2. The van der Waals surface area contributed by atoms with Crippen LogP contribution in [0.1, 0.15) is 88.1 Å². The molecule has 3 heteroatoms. The first kappa shape index (κ1) is 15.4. The first-order chi connectivity index (χ1) is 11.7. The van der Waals surface area contributed by atoms with E-state index in [4.69, 9.17) is 9.72 Å². The van der Waals surface area contributed by atoms with Gasteiger partial charge in [-0.25, -0.2) is 4.98 Å². The minimum absolute atomic E-state index is 0.212. The lowest BCUT2D eigenvalue weighted by Gasteiger charge is -2.56. The molecule has 3 nitrogen and oxygen atoms in total. The van der Waals surface area contributed by atoms with Crippen molar-refractivity contribution in [1.82, 2.24) is 9.55 Å². The largest absolute Gasteiger partial charge is 0.369 e. The van der Waals surface area contributed by atoms with Gasteiger partial charge in [-0.15, -0.1) is 0 Å². The van der Waals surface area contributed by atoms with Crippen LogP contribution in [0.2, 0.25) is 0 Å². The molecule has 0 saturated heterocycles. The quantitative estimate of drug-likeness (QED) is 0.781. The van der Waals surface area contributed by atoms with Gasteiger partial charge in [0.2, 0.25) is 0 Å². The summed E-state index contributed by atoms with van der Waals surface area (Å²) in [7, 11) is 2.20. The van der Waals surface area contributed by atoms with Gasteiger partial charge in [-0.3, -0.25) is 0 Å². The average molecular weight is 329 g/mol. The zero-order valence-corrected chi connectivity index (χ0v) is 15.2. The molecule has 6 rings (SSSR count). The highest BCUT2D eigenvalue weighted by molar-refractivity contribution is 5.10. The third-order valence-electron chi connectivity index (χ3n) is 7.60. The summed E-state index contributed by atoms with van der Waals surface area (Å²) >= 11 is 0. The van der Waals surface area contributed by atoms with Crippen LogP contribution in [0.15, 0.2) is 6.20 Å². The van der Waals surface area contributed by atoms with Crippen LogP contribution in [-0.4, -0.2) is 15.2 Å². The van der Waals surface area contributed by atoms with Crippen molar-refractivity contribution in [1.29, 1.82) is 0 Å². The van der Waals surface area contributed by atoms with E-state index in [1.165, 1.54) is 82.1 Å². The van der Waals surface area contributed by atoms with Crippen molar-refractivity contribution in [2.45, 2.75) is 88.8 Å². The summed E-state index contributed by atoms with van der Waals surface area (Å²) in [6.07, 6.45) is 17.3. The summed E-state index contributed by atoms with van der Waals surface area (Å²) in [6.45, 7) is 0.766. The van der Waals surface area contributed by atoms with Crippen LogP contribution in [0.4, 0.5) is 0 Å². The Hall–Kier alpha value is -0.830. The average Bonchev–Trinajstić information content (AvgIpc) is 2.93. The van der Waals surface area contributed by atoms with Crippen LogP contribution in [0.25, 0.3) is 0 Å². The van der Waals surface area contributed by atoms with Crippen molar-refractivity contribution in [3.63, 3.8) is 0 Å². The van der Waals surface area contributed by atoms with Crippen molar-refractivity contribution >= 4 is 0 Å². The van der Waals surface area contributed by atoms with Gasteiger partial charge in [0.15, 0.2) is 0 Å². The van der Waals surface area contributed by atoms with Crippen molar-refractivity contribution < 1.29 is 4.74 Å². The molecule has 5 aliphatic carbocycles. The third kappa shape index (κ3) is 2.64. The first-order valence-electron chi connectivity index (χ1n) is 10.4. The molecule has 24 heavy (non-hydrogen) atoms. The highest BCUT2D eigenvalue weighted by Crippen LogP contribution is 2.57. The third-order valence-corrected chi connectivity index (χ3v) is 7.60. The summed E-state index contributed by atoms with van der Waals surface area (Å²) in [5.74, 6) is 4.86. The highest BCUT2D eigenvalue weighted by Gasteiger charge is 2.51. The Morgan fingerprint density at radius 1 is 1.04 bits per heavy atom. The van der Waals surface area contributed by atoms with Crippen molar-refractivity contribution in [3.8, 4) is 0 Å². The molecule has 1 heterocycles. The molecule has 0 aliphatic heterocycles. The number of hydrogen-bond acceptors (Lipinski definition) is 2. The molecular weight excluding hydrogens is 296 g/mol. The Labute approximate surface area is 146 Å². The van der Waals surface area contributed by atoms with Gasteiger partial charge in [-0.1, -0.05) is 19.3 Å². The van der Waals surface area contributed by atoms with Gasteiger partial charge in [-0.05, 0) is 69.1 Å². The van der Waals surface area contributed by atoms with Gasteiger partial charge in [0.1, 0.15) is 5.82 Å². The van der Waals surface area contributed by atoms with Gasteiger partial charge in [0.25, 0.3) is 0 Å². The molecular formula is C21H32N2O. The first-order valence-corrected chi connectivity index (χ1v) is 10.4. The summed E-state index contributed by atoms with van der Waals surface area (Å²) in [5, 5.41) is 0. The number of imidazole rings is 1. The van der Waals surface area contributed by atoms with Crippen molar-refractivity contribution in [2.24, 2.45) is 24.8 Å². The minimum atomic E-state index is 0.212. The summed E-state index contributed by atoms with van der Waals surface area (Å²) in [5.41, 5.74) is 1.50. The summed E-state index contributed by atoms with van der Waals surface area (Å²) in [4.78, 5) is 4.79. The fraction of sp³-hybridized carbons (Fsp3) is 0.857. The molecule has 0 unspecified atom stereocenters. The lowest BCUT2D eigenvalue weighted by atomic mass is 9.54. The maximum Gasteiger partial charge on any atom is 0.111 e. The molecule has 0 atom stereocenters. The van der Waals surface area contributed by atoms with Gasteiger partial charge in [0, 0.05) is 13.0 Å². The Morgan fingerprint density at radius 3 is 2.29 bits per heavy atom. The van der Waals surface area contributed by atoms with Crippen LogP contribution in [0.3, 0.4) is 0 Å². The van der Waals surface area contributed by atoms with E-state index in [1.807, 2.05) is 0 Å². The number of hydrogen-bond donors (Lipinski definition) is 0. The summed E-state index contributed by atoms with van der Waals surface area (Å²) in [6, 6.07) is 0. The van der Waals surface area contributed by atoms with E-state index in [2.05, 4.69) is 17.8 Å². The van der Waals surface area contributed by atoms with E-state index in [9.17, 15) is 0 Å². The maximum absolute atomic E-state index is 6.65. The molecule has 0 N–H and O–H groups in total. The fourth-order valence-electron chi connectivity index (χ4n) is 6.77. The van der Waals surface area contributed by atoms with E-state index < -0.39 is 0 Å². The topological polar surface area (TPSA) is 27.1 Å². The highest BCUT2D eigenvalue weighted by atomic mass is 16.5. The predicted octanol–water partition coefficient (Wildman–Crippen LogP) is 4.95. The molecule has 132 valence electrons. The van der Waals surface area contributed by atoms with E-state index in [0.29, 0.717) is 5.92 Å². The second-order valence-electron chi connectivity index (χ2n) is 9.39. The SMILES string of the molecule is Cn1c(COC23CC4CC(CC(C4)C2)C3)cnc1C1CCCCC1. The van der Waals surface area contributed by atoms with E-state index in [-0.39, 0.29) is 5.60 Å². The Bertz CT molecular complexity index is 564. The second-order valence-corrected chi connectivity index (χ2v) is 9.39. The minimum Gasteiger partial charge on any atom is -0.369 e. The van der Waals surface area contributed by atoms with Crippen LogP contribution in [-0.2, 0) is 18.4 Å².